The second-order valence-electron chi connectivity index (χ2n) is 4.74. The van der Waals surface area contributed by atoms with E-state index >= 15 is 0 Å². The Morgan fingerprint density at radius 2 is 1.94 bits per heavy atom. The Morgan fingerprint density at radius 3 is 2.50 bits per heavy atom. The van der Waals surface area contributed by atoms with E-state index in [0.717, 1.165) is 15.7 Å². The summed E-state index contributed by atoms with van der Waals surface area (Å²) in [5, 5.41) is 5.68. The molecule has 3 nitrogen and oxygen atoms in total. The number of anilines is 1. The Bertz CT molecular complexity index is 396. The molecular weight excluding hydrogens is 268 g/mol. The van der Waals surface area contributed by atoms with Gasteiger partial charge in [0.15, 0.2) is 0 Å². The molecule has 0 aromatic heterocycles. The number of halogens is 1. The number of amides is 2. The van der Waals surface area contributed by atoms with Crippen LogP contribution in [0.15, 0.2) is 22.7 Å². The highest BCUT2D eigenvalue weighted by Crippen LogP contribution is 2.23. The minimum absolute atomic E-state index is 0.186. The average Bonchev–Trinajstić information content (AvgIpc) is 2.09. The molecule has 0 aliphatic heterocycles. The van der Waals surface area contributed by atoms with Crippen molar-refractivity contribution in [1.29, 1.82) is 0 Å². The molecule has 0 fully saturated rings. The van der Waals surface area contributed by atoms with Crippen LogP contribution in [0.25, 0.3) is 0 Å². The van der Waals surface area contributed by atoms with Gasteiger partial charge in [0.05, 0.1) is 0 Å². The molecule has 4 heteroatoms. The third-order valence-electron chi connectivity index (χ3n) is 2.00. The Hall–Kier alpha value is -1.03. The van der Waals surface area contributed by atoms with E-state index in [1.54, 1.807) is 0 Å². The summed E-state index contributed by atoms with van der Waals surface area (Å²) in [6.07, 6.45) is 0. The van der Waals surface area contributed by atoms with Gasteiger partial charge < -0.3 is 10.6 Å². The van der Waals surface area contributed by atoms with Crippen molar-refractivity contribution in [3.05, 3.63) is 28.2 Å². The first-order valence-corrected chi connectivity index (χ1v) is 5.93. The first-order valence-electron chi connectivity index (χ1n) is 5.14. The maximum Gasteiger partial charge on any atom is 0.319 e. The maximum absolute atomic E-state index is 11.7. The van der Waals surface area contributed by atoms with Crippen LogP contribution in [0.4, 0.5) is 10.5 Å². The zero-order chi connectivity index (χ0) is 12.3. The van der Waals surface area contributed by atoms with Crippen LogP contribution in [0, 0.1) is 6.92 Å². The van der Waals surface area contributed by atoms with Crippen LogP contribution in [-0.2, 0) is 0 Å². The minimum atomic E-state index is -0.232. The lowest BCUT2D eigenvalue weighted by Gasteiger charge is -2.21. The van der Waals surface area contributed by atoms with Gasteiger partial charge in [-0.05, 0) is 45.4 Å². The summed E-state index contributed by atoms with van der Waals surface area (Å²) in [5.41, 5.74) is 1.60. The van der Waals surface area contributed by atoms with Crippen LogP contribution in [0.1, 0.15) is 26.3 Å². The summed E-state index contributed by atoms with van der Waals surface area (Å²) >= 11 is 3.43. The largest absolute Gasteiger partial charge is 0.333 e. The van der Waals surface area contributed by atoms with E-state index < -0.39 is 0 Å². The van der Waals surface area contributed by atoms with Gasteiger partial charge in [-0.25, -0.2) is 4.79 Å². The van der Waals surface area contributed by atoms with Crippen LogP contribution in [0.5, 0.6) is 0 Å². The first kappa shape index (κ1) is 13.0. The zero-order valence-corrected chi connectivity index (χ0v) is 11.6. The highest BCUT2D eigenvalue weighted by molar-refractivity contribution is 9.10. The van der Waals surface area contributed by atoms with Crippen molar-refractivity contribution in [2.45, 2.75) is 33.2 Å². The maximum atomic E-state index is 11.7. The average molecular weight is 285 g/mol. The van der Waals surface area contributed by atoms with Crippen LogP contribution in [0.2, 0.25) is 0 Å². The number of hydrogen-bond acceptors (Lipinski definition) is 1. The molecule has 1 aromatic carbocycles. The second-order valence-corrected chi connectivity index (χ2v) is 5.60. The van der Waals surface area contributed by atoms with Crippen LogP contribution < -0.4 is 10.6 Å². The second kappa shape index (κ2) is 4.87. The van der Waals surface area contributed by atoms with Gasteiger partial charge in [-0.2, -0.15) is 0 Å². The van der Waals surface area contributed by atoms with Gasteiger partial charge in [0.2, 0.25) is 0 Å². The van der Waals surface area contributed by atoms with Gasteiger partial charge >= 0.3 is 6.03 Å². The van der Waals surface area contributed by atoms with Crippen molar-refractivity contribution in [2.75, 3.05) is 5.32 Å². The molecule has 88 valence electrons. The lowest BCUT2D eigenvalue weighted by Crippen LogP contribution is -2.43. The lowest BCUT2D eigenvalue weighted by molar-refractivity contribution is 0.244. The van der Waals surface area contributed by atoms with E-state index in [9.17, 15) is 4.79 Å². The quantitative estimate of drug-likeness (QED) is 0.812. The molecule has 0 saturated heterocycles. The van der Waals surface area contributed by atoms with E-state index in [1.165, 1.54) is 0 Å². The monoisotopic (exact) mass is 284 g/mol. The van der Waals surface area contributed by atoms with Crippen molar-refractivity contribution in [1.82, 2.24) is 5.32 Å². The van der Waals surface area contributed by atoms with Gasteiger partial charge in [0, 0.05) is 15.7 Å². The summed E-state index contributed by atoms with van der Waals surface area (Å²) < 4.78 is 0.987. The van der Waals surface area contributed by atoms with Crippen LogP contribution in [0.3, 0.4) is 0 Å². The molecule has 0 saturated carbocycles. The van der Waals surface area contributed by atoms with E-state index in [0.29, 0.717) is 0 Å². The van der Waals surface area contributed by atoms with Gasteiger partial charge in [0.25, 0.3) is 0 Å². The Balaban J connectivity index is 2.74. The molecule has 0 radical (unpaired) electrons. The number of carbonyl (C=O) groups is 1. The van der Waals surface area contributed by atoms with Gasteiger partial charge in [-0.1, -0.05) is 22.0 Å². The van der Waals surface area contributed by atoms with Gasteiger partial charge in [-0.15, -0.1) is 0 Å². The van der Waals surface area contributed by atoms with E-state index in [2.05, 4.69) is 26.6 Å². The third-order valence-corrected chi connectivity index (χ3v) is 2.86. The molecule has 0 heterocycles. The van der Waals surface area contributed by atoms with Crippen molar-refractivity contribution in [3.63, 3.8) is 0 Å². The molecule has 0 aliphatic rings. The van der Waals surface area contributed by atoms with Crippen molar-refractivity contribution >= 4 is 27.6 Å². The molecule has 1 rings (SSSR count). The topological polar surface area (TPSA) is 41.1 Å². The summed E-state index contributed by atoms with van der Waals surface area (Å²) in [4.78, 5) is 11.7. The van der Waals surface area contributed by atoms with Gasteiger partial charge in [0.1, 0.15) is 0 Å². The molecule has 2 N–H and O–H groups in total. The Labute approximate surface area is 105 Å². The number of urea groups is 1. The Kier molecular flexibility index (Phi) is 3.97. The highest BCUT2D eigenvalue weighted by Gasteiger charge is 2.14. The molecule has 0 spiro atoms. The molecule has 0 atom stereocenters. The Morgan fingerprint density at radius 1 is 1.31 bits per heavy atom. The fourth-order valence-corrected chi connectivity index (χ4v) is 1.60. The predicted octanol–water partition coefficient (Wildman–Crippen LogP) is 3.68. The minimum Gasteiger partial charge on any atom is -0.333 e. The van der Waals surface area contributed by atoms with Gasteiger partial charge in [-0.3, -0.25) is 0 Å². The molecular formula is C12H17BrN2O. The van der Waals surface area contributed by atoms with E-state index in [4.69, 9.17) is 0 Å². The normalized spacial score (nSPS) is 11.1. The predicted molar refractivity (Wildman–Crippen MR) is 70.8 cm³/mol. The molecule has 1 aromatic rings. The SMILES string of the molecule is Cc1c(Br)cccc1NC(=O)NC(C)(C)C. The molecule has 0 aliphatic carbocycles. The highest BCUT2D eigenvalue weighted by atomic mass is 79.9. The number of hydrogen-bond donors (Lipinski definition) is 2. The number of nitrogens with one attached hydrogen (secondary N) is 2. The fraction of sp³-hybridized carbons (Fsp3) is 0.417. The number of benzene rings is 1. The van der Waals surface area contributed by atoms with Crippen LogP contribution in [-0.4, -0.2) is 11.6 Å². The van der Waals surface area contributed by atoms with E-state index in [1.807, 2.05) is 45.9 Å². The summed E-state index contributed by atoms with van der Waals surface area (Å²) in [7, 11) is 0. The summed E-state index contributed by atoms with van der Waals surface area (Å²) in [6.45, 7) is 7.79. The molecule has 0 bridgehead atoms. The van der Waals surface area contributed by atoms with Crippen LogP contribution >= 0.6 is 15.9 Å². The summed E-state index contributed by atoms with van der Waals surface area (Å²) in [5.74, 6) is 0. The standard InChI is InChI=1S/C12H17BrN2O/c1-8-9(13)6-5-7-10(8)14-11(16)15-12(2,3)4/h5-7H,1-4H3,(H2,14,15,16). The first-order chi connectivity index (χ1) is 7.29. The lowest BCUT2D eigenvalue weighted by atomic mass is 10.1. The molecule has 16 heavy (non-hydrogen) atoms. The molecule has 0 unspecified atom stereocenters. The summed E-state index contributed by atoms with van der Waals surface area (Å²) in [6, 6.07) is 5.53. The van der Waals surface area contributed by atoms with E-state index in [-0.39, 0.29) is 11.6 Å². The van der Waals surface area contributed by atoms with Crippen molar-refractivity contribution in [2.24, 2.45) is 0 Å². The van der Waals surface area contributed by atoms with Crippen molar-refractivity contribution in [3.8, 4) is 0 Å². The van der Waals surface area contributed by atoms with Crippen molar-refractivity contribution < 1.29 is 4.79 Å². The fourth-order valence-electron chi connectivity index (χ4n) is 1.24. The number of carbonyl (C=O) groups excluding carboxylic acids is 1. The third kappa shape index (κ3) is 3.85. The number of rotatable bonds is 1. The zero-order valence-electron chi connectivity index (χ0n) is 10.0. The smallest absolute Gasteiger partial charge is 0.319 e. The molecule has 2 amide bonds.